The SMILES string of the molecule is CCCCCC(O)CCCCS(=O)(=O)NCCCCCCC(N)=O. The Labute approximate surface area is 147 Å². The average Bonchev–Trinajstić information content (AvgIpc) is 2.50. The van der Waals surface area contributed by atoms with Gasteiger partial charge in [0.05, 0.1) is 11.9 Å². The molecule has 24 heavy (non-hydrogen) atoms. The van der Waals surface area contributed by atoms with E-state index >= 15 is 0 Å². The molecular formula is C17H36N2O4S. The van der Waals surface area contributed by atoms with Crippen LogP contribution in [0, 0.1) is 0 Å². The van der Waals surface area contributed by atoms with E-state index in [0.29, 0.717) is 25.8 Å². The van der Waals surface area contributed by atoms with Crippen molar-refractivity contribution in [3.05, 3.63) is 0 Å². The van der Waals surface area contributed by atoms with Crippen LogP contribution in [0.5, 0.6) is 0 Å². The minimum Gasteiger partial charge on any atom is -0.393 e. The smallest absolute Gasteiger partial charge is 0.217 e. The van der Waals surface area contributed by atoms with Crippen LogP contribution in [0.15, 0.2) is 0 Å². The number of unbranched alkanes of at least 4 members (excludes halogenated alkanes) is 6. The number of nitrogens with one attached hydrogen (secondary N) is 1. The number of amides is 1. The van der Waals surface area contributed by atoms with Crippen molar-refractivity contribution in [2.45, 2.75) is 90.1 Å². The van der Waals surface area contributed by atoms with E-state index in [2.05, 4.69) is 11.6 Å². The molecule has 0 aliphatic carbocycles. The van der Waals surface area contributed by atoms with Gasteiger partial charge in [0.25, 0.3) is 0 Å². The molecule has 0 aliphatic heterocycles. The van der Waals surface area contributed by atoms with E-state index in [4.69, 9.17) is 5.73 Å². The highest BCUT2D eigenvalue weighted by atomic mass is 32.2. The standard InChI is InChI=1S/C17H36N2O4S/c1-2-3-6-11-16(20)12-8-10-15-24(22,23)19-14-9-5-4-7-13-17(18)21/h16,19-20H,2-15H2,1H3,(H2,18,21). The molecule has 0 rings (SSSR count). The van der Waals surface area contributed by atoms with Crippen LogP contribution in [0.3, 0.4) is 0 Å². The lowest BCUT2D eigenvalue weighted by Crippen LogP contribution is -2.27. The summed E-state index contributed by atoms with van der Waals surface area (Å²) < 4.78 is 26.3. The van der Waals surface area contributed by atoms with Gasteiger partial charge in [-0.25, -0.2) is 13.1 Å². The van der Waals surface area contributed by atoms with Gasteiger partial charge in [-0.2, -0.15) is 0 Å². The summed E-state index contributed by atoms with van der Waals surface area (Å²) in [5.74, 6) is -0.165. The number of sulfonamides is 1. The predicted octanol–water partition coefficient (Wildman–Crippen LogP) is 2.45. The normalized spacial score (nSPS) is 13.1. The first-order valence-electron chi connectivity index (χ1n) is 9.31. The number of carbonyl (C=O) groups is 1. The van der Waals surface area contributed by atoms with Crippen LogP contribution in [0.1, 0.15) is 84.0 Å². The van der Waals surface area contributed by atoms with E-state index in [9.17, 15) is 18.3 Å². The van der Waals surface area contributed by atoms with Gasteiger partial charge in [0.15, 0.2) is 0 Å². The fraction of sp³-hybridized carbons (Fsp3) is 0.941. The van der Waals surface area contributed by atoms with Crippen LogP contribution in [0.2, 0.25) is 0 Å². The van der Waals surface area contributed by atoms with Crippen molar-refractivity contribution >= 4 is 15.9 Å². The first-order valence-corrected chi connectivity index (χ1v) is 11.0. The first-order chi connectivity index (χ1) is 11.4. The number of hydrogen-bond donors (Lipinski definition) is 3. The van der Waals surface area contributed by atoms with Crippen molar-refractivity contribution in [3.63, 3.8) is 0 Å². The van der Waals surface area contributed by atoms with Crippen molar-refractivity contribution < 1.29 is 18.3 Å². The summed E-state index contributed by atoms with van der Waals surface area (Å²) in [6.07, 6.45) is 9.55. The molecule has 1 amide bonds. The summed E-state index contributed by atoms with van der Waals surface area (Å²) in [5, 5.41) is 9.79. The van der Waals surface area contributed by atoms with E-state index < -0.39 is 10.0 Å². The van der Waals surface area contributed by atoms with Crippen molar-refractivity contribution in [2.75, 3.05) is 12.3 Å². The maximum absolute atomic E-state index is 11.8. The van der Waals surface area contributed by atoms with Gasteiger partial charge < -0.3 is 10.8 Å². The Balaban J connectivity index is 3.56. The zero-order chi connectivity index (χ0) is 18.3. The highest BCUT2D eigenvalue weighted by Crippen LogP contribution is 2.10. The second-order valence-electron chi connectivity index (χ2n) is 6.49. The Kier molecular flexibility index (Phi) is 14.3. The molecule has 144 valence electrons. The molecule has 0 spiro atoms. The highest BCUT2D eigenvalue weighted by molar-refractivity contribution is 7.89. The van der Waals surface area contributed by atoms with Gasteiger partial charge in [-0.3, -0.25) is 4.79 Å². The van der Waals surface area contributed by atoms with Crippen molar-refractivity contribution in [1.29, 1.82) is 0 Å². The molecule has 0 saturated heterocycles. The van der Waals surface area contributed by atoms with Crippen molar-refractivity contribution in [2.24, 2.45) is 5.73 Å². The molecule has 0 heterocycles. The Hall–Kier alpha value is -0.660. The van der Waals surface area contributed by atoms with Gasteiger partial charge in [0.2, 0.25) is 15.9 Å². The van der Waals surface area contributed by atoms with Gasteiger partial charge in [0.1, 0.15) is 0 Å². The van der Waals surface area contributed by atoms with Crippen LogP contribution in [-0.4, -0.2) is 37.8 Å². The molecule has 4 N–H and O–H groups in total. The quantitative estimate of drug-likeness (QED) is 0.344. The summed E-state index contributed by atoms with van der Waals surface area (Å²) in [7, 11) is -3.21. The molecule has 0 fully saturated rings. The first kappa shape index (κ1) is 23.3. The average molecular weight is 365 g/mol. The summed E-state index contributed by atoms with van der Waals surface area (Å²) in [6.45, 7) is 2.57. The fourth-order valence-corrected chi connectivity index (χ4v) is 3.71. The number of aliphatic hydroxyl groups is 1. The van der Waals surface area contributed by atoms with Crippen LogP contribution in [-0.2, 0) is 14.8 Å². The predicted molar refractivity (Wildman–Crippen MR) is 98.1 cm³/mol. The largest absolute Gasteiger partial charge is 0.393 e. The molecule has 0 aromatic carbocycles. The summed E-state index contributed by atoms with van der Waals surface area (Å²) in [5.41, 5.74) is 5.05. The molecule has 6 nitrogen and oxygen atoms in total. The second-order valence-corrected chi connectivity index (χ2v) is 8.42. The van der Waals surface area contributed by atoms with E-state index in [1.807, 2.05) is 0 Å². The van der Waals surface area contributed by atoms with E-state index in [1.165, 1.54) is 0 Å². The van der Waals surface area contributed by atoms with Crippen molar-refractivity contribution in [1.82, 2.24) is 4.72 Å². The van der Waals surface area contributed by atoms with E-state index in [-0.39, 0.29) is 17.8 Å². The summed E-state index contributed by atoms with van der Waals surface area (Å²) in [6, 6.07) is 0. The maximum atomic E-state index is 11.8. The monoisotopic (exact) mass is 364 g/mol. The van der Waals surface area contributed by atoms with E-state index in [1.54, 1.807) is 0 Å². The number of rotatable bonds is 17. The lowest BCUT2D eigenvalue weighted by Gasteiger charge is -2.10. The maximum Gasteiger partial charge on any atom is 0.217 e. The van der Waals surface area contributed by atoms with Gasteiger partial charge in [-0.1, -0.05) is 39.0 Å². The number of primary amides is 1. The van der Waals surface area contributed by atoms with Crippen LogP contribution < -0.4 is 10.5 Å². The lowest BCUT2D eigenvalue weighted by molar-refractivity contribution is -0.118. The van der Waals surface area contributed by atoms with Gasteiger partial charge >= 0.3 is 0 Å². The van der Waals surface area contributed by atoms with Gasteiger partial charge in [0, 0.05) is 13.0 Å². The molecule has 0 aromatic rings. The minimum absolute atomic E-state index is 0.121. The van der Waals surface area contributed by atoms with Crippen LogP contribution in [0.4, 0.5) is 0 Å². The number of carbonyl (C=O) groups excluding carboxylic acids is 1. The highest BCUT2D eigenvalue weighted by Gasteiger charge is 2.10. The fourth-order valence-electron chi connectivity index (χ4n) is 2.52. The molecular weight excluding hydrogens is 328 g/mol. The summed E-state index contributed by atoms with van der Waals surface area (Å²) >= 11 is 0. The summed E-state index contributed by atoms with van der Waals surface area (Å²) in [4.78, 5) is 10.6. The third-order valence-electron chi connectivity index (χ3n) is 4.01. The molecule has 0 aliphatic rings. The Morgan fingerprint density at radius 1 is 1.00 bits per heavy atom. The number of hydrogen-bond acceptors (Lipinski definition) is 4. The Morgan fingerprint density at radius 2 is 1.62 bits per heavy atom. The third kappa shape index (κ3) is 16.2. The van der Waals surface area contributed by atoms with Crippen LogP contribution in [0.25, 0.3) is 0 Å². The third-order valence-corrected chi connectivity index (χ3v) is 5.48. The zero-order valence-corrected chi connectivity index (χ0v) is 16.0. The zero-order valence-electron chi connectivity index (χ0n) is 15.1. The molecule has 0 bridgehead atoms. The second kappa shape index (κ2) is 14.7. The molecule has 7 heteroatoms. The molecule has 1 atom stereocenters. The minimum atomic E-state index is -3.21. The molecule has 0 aromatic heterocycles. The lowest BCUT2D eigenvalue weighted by atomic mass is 10.1. The van der Waals surface area contributed by atoms with Gasteiger partial charge in [-0.05, 0) is 38.5 Å². The van der Waals surface area contributed by atoms with Gasteiger partial charge in [-0.15, -0.1) is 0 Å². The number of nitrogens with two attached hydrogens (primary N) is 1. The Bertz CT molecular complexity index is 413. The number of aliphatic hydroxyl groups excluding tert-OH is 1. The molecule has 0 saturated carbocycles. The van der Waals surface area contributed by atoms with Crippen LogP contribution >= 0.6 is 0 Å². The Morgan fingerprint density at radius 3 is 2.25 bits per heavy atom. The van der Waals surface area contributed by atoms with E-state index in [0.717, 1.165) is 57.8 Å². The topological polar surface area (TPSA) is 109 Å². The molecule has 0 radical (unpaired) electrons. The molecule has 1 unspecified atom stereocenters. The van der Waals surface area contributed by atoms with Crippen molar-refractivity contribution in [3.8, 4) is 0 Å².